The van der Waals surface area contributed by atoms with Crippen LogP contribution in [-0.4, -0.2) is 53.8 Å². The monoisotopic (exact) mass is 280 g/mol. The first-order valence-electron chi connectivity index (χ1n) is 6.74. The van der Waals surface area contributed by atoms with Crippen molar-refractivity contribution in [1.29, 1.82) is 0 Å². The maximum atomic E-state index is 12.8. The molecule has 2 aliphatic heterocycles. The molecule has 2 atom stereocenters. The number of hydrogen-bond donors (Lipinski definition) is 2. The number of aliphatic hydroxyl groups is 1. The number of carbonyl (C=O) groups is 1. The molecule has 0 aromatic heterocycles. The number of aliphatic hydroxyl groups excluding tert-OH is 1. The van der Waals surface area contributed by atoms with Crippen LogP contribution < -0.4 is 10.1 Å². The maximum Gasteiger partial charge on any atom is 0.240 e. The van der Waals surface area contributed by atoms with Gasteiger partial charge in [-0.3, -0.25) is 4.79 Å². The second-order valence-electron chi connectivity index (χ2n) is 5.29. The lowest BCUT2D eigenvalue weighted by molar-refractivity contribution is -0.142. The fraction of sp³-hybridized carbons (Fsp3) is 0.500. The molecule has 0 bridgehead atoms. The fourth-order valence-electron chi connectivity index (χ4n) is 2.52. The second kappa shape index (κ2) is 5.38. The highest BCUT2D eigenvalue weighted by molar-refractivity contribution is 5.83. The quantitative estimate of drug-likeness (QED) is 0.827. The summed E-state index contributed by atoms with van der Waals surface area (Å²) in [7, 11) is 0. The predicted octanol–water partition coefficient (Wildman–Crippen LogP) is 0.138. The summed E-state index contributed by atoms with van der Waals surface area (Å²) in [5.74, 6) is 0.326. The molecule has 2 aliphatic rings. The van der Waals surface area contributed by atoms with E-state index in [2.05, 4.69) is 5.32 Å². The molecule has 0 radical (unpaired) electrons. The number of halogens is 1. The molecule has 0 saturated carbocycles. The molecule has 2 saturated heterocycles. The predicted molar refractivity (Wildman–Crippen MR) is 69.8 cm³/mol. The topological polar surface area (TPSA) is 61.8 Å². The molecule has 0 aliphatic carbocycles. The molecule has 1 amide bonds. The van der Waals surface area contributed by atoms with Gasteiger partial charge in [-0.2, -0.15) is 0 Å². The molecular weight excluding hydrogens is 263 g/mol. The summed E-state index contributed by atoms with van der Waals surface area (Å²) in [4.78, 5) is 13.8. The summed E-state index contributed by atoms with van der Waals surface area (Å²) in [6, 6.07) is 5.57. The van der Waals surface area contributed by atoms with Gasteiger partial charge < -0.3 is 20.1 Å². The van der Waals surface area contributed by atoms with Gasteiger partial charge in [0.2, 0.25) is 5.91 Å². The molecular formula is C14H17FN2O3. The molecule has 0 spiro atoms. The Morgan fingerprint density at radius 2 is 2.05 bits per heavy atom. The average molecular weight is 280 g/mol. The molecule has 2 fully saturated rings. The Morgan fingerprint density at radius 1 is 1.35 bits per heavy atom. The van der Waals surface area contributed by atoms with Gasteiger partial charge >= 0.3 is 0 Å². The van der Waals surface area contributed by atoms with E-state index in [0.29, 0.717) is 31.8 Å². The zero-order valence-electron chi connectivity index (χ0n) is 11.0. The Bertz CT molecular complexity index is 488. The summed E-state index contributed by atoms with van der Waals surface area (Å²) >= 11 is 0. The largest absolute Gasteiger partial charge is 0.487 e. The Morgan fingerprint density at radius 3 is 2.65 bits per heavy atom. The number of carbonyl (C=O) groups excluding carboxylic acids is 1. The van der Waals surface area contributed by atoms with E-state index in [1.807, 2.05) is 0 Å². The lowest BCUT2D eigenvalue weighted by Crippen LogP contribution is -2.59. The van der Waals surface area contributed by atoms with Crippen LogP contribution in [0.4, 0.5) is 4.39 Å². The Balaban J connectivity index is 1.46. The average Bonchev–Trinajstić information content (AvgIpc) is 2.81. The molecule has 1 aromatic carbocycles. The number of nitrogens with one attached hydrogen (secondary N) is 1. The lowest BCUT2D eigenvalue weighted by Gasteiger charge is -2.40. The first-order valence-corrected chi connectivity index (χ1v) is 6.74. The van der Waals surface area contributed by atoms with Gasteiger partial charge in [-0.1, -0.05) is 0 Å². The van der Waals surface area contributed by atoms with Crippen molar-refractivity contribution in [3.8, 4) is 5.75 Å². The number of nitrogens with zero attached hydrogens (tertiary/aromatic N) is 1. The van der Waals surface area contributed by atoms with E-state index in [1.54, 1.807) is 17.0 Å². The Kier molecular flexibility index (Phi) is 3.58. The van der Waals surface area contributed by atoms with Crippen LogP contribution in [0.2, 0.25) is 0 Å². The summed E-state index contributed by atoms with van der Waals surface area (Å²) in [5, 5.41) is 12.4. The molecule has 0 unspecified atom stereocenters. The minimum atomic E-state index is -0.434. The van der Waals surface area contributed by atoms with Crippen LogP contribution in [-0.2, 0) is 4.79 Å². The highest BCUT2D eigenvalue weighted by Crippen LogP contribution is 2.20. The number of amides is 1. The zero-order chi connectivity index (χ0) is 14.1. The van der Waals surface area contributed by atoms with Gasteiger partial charge in [0.05, 0.1) is 25.2 Å². The fourth-order valence-corrected chi connectivity index (χ4v) is 2.52. The van der Waals surface area contributed by atoms with Gasteiger partial charge in [0, 0.05) is 6.54 Å². The van der Waals surface area contributed by atoms with Crippen LogP contribution in [0.5, 0.6) is 5.75 Å². The molecule has 2 N–H and O–H groups in total. The van der Waals surface area contributed by atoms with Crippen molar-refractivity contribution in [3.05, 3.63) is 30.1 Å². The minimum absolute atomic E-state index is 0.0144. The van der Waals surface area contributed by atoms with E-state index in [1.165, 1.54) is 12.1 Å². The van der Waals surface area contributed by atoms with Crippen molar-refractivity contribution in [2.45, 2.75) is 24.7 Å². The zero-order valence-corrected chi connectivity index (χ0v) is 11.0. The molecule has 2 heterocycles. The highest BCUT2D eigenvalue weighted by Gasteiger charge is 2.38. The van der Waals surface area contributed by atoms with E-state index >= 15 is 0 Å². The van der Waals surface area contributed by atoms with Crippen LogP contribution in [0.3, 0.4) is 0 Å². The Hall–Kier alpha value is -1.66. The molecule has 5 nitrogen and oxygen atoms in total. The van der Waals surface area contributed by atoms with Gasteiger partial charge in [0.1, 0.15) is 17.7 Å². The number of likely N-dealkylation sites (tertiary alicyclic amines) is 1. The number of ether oxygens (including phenoxy) is 1. The van der Waals surface area contributed by atoms with Gasteiger partial charge in [-0.05, 0) is 30.7 Å². The van der Waals surface area contributed by atoms with E-state index in [-0.39, 0.29) is 23.9 Å². The van der Waals surface area contributed by atoms with Crippen LogP contribution in [0.15, 0.2) is 24.3 Å². The standard InChI is InChI=1S/C14H17FN2O3/c15-9-1-3-11(4-2-9)20-12-7-17(8-12)14(19)13-5-10(18)6-16-13/h1-4,10,12-13,16,18H,5-8H2/t10-,13+/m1/s1. The van der Waals surface area contributed by atoms with Crippen molar-refractivity contribution in [1.82, 2.24) is 10.2 Å². The first kappa shape index (κ1) is 13.3. The SMILES string of the molecule is O=C([C@@H]1C[C@@H](O)CN1)N1CC(Oc2ccc(F)cc2)C1. The van der Waals surface area contributed by atoms with Crippen molar-refractivity contribution in [2.75, 3.05) is 19.6 Å². The van der Waals surface area contributed by atoms with Gasteiger partial charge in [0.15, 0.2) is 0 Å². The van der Waals surface area contributed by atoms with E-state index in [4.69, 9.17) is 4.74 Å². The van der Waals surface area contributed by atoms with E-state index in [0.717, 1.165) is 0 Å². The van der Waals surface area contributed by atoms with Crippen LogP contribution in [0.1, 0.15) is 6.42 Å². The third kappa shape index (κ3) is 2.76. The molecule has 3 rings (SSSR count). The smallest absolute Gasteiger partial charge is 0.240 e. The molecule has 108 valence electrons. The second-order valence-corrected chi connectivity index (χ2v) is 5.29. The summed E-state index contributed by atoms with van der Waals surface area (Å²) in [6.07, 6.45) is -0.00837. The number of rotatable bonds is 3. The number of β-amino-alcohol motifs (C(OH)–C–C–N with tert-alkyl or cyclic N) is 1. The highest BCUT2D eigenvalue weighted by atomic mass is 19.1. The molecule has 20 heavy (non-hydrogen) atoms. The van der Waals surface area contributed by atoms with E-state index < -0.39 is 6.10 Å². The van der Waals surface area contributed by atoms with E-state index in [9.17, 15) is 14.3 Å². The Labute approximate surface area is 116 Å². The third-order valence-electron chi connectivity index (χ3n) is 3.68. The number of benzene rings is 1. The van der Waals surface area contributed by atoms with Crippen molar-refractivity contribution in [2.24, 2.45) is 0 Å². The summed E-state index contributed by atoms with van der Waals surface area (Å²) in [5.41, 5.74) is 0. The maximum absolute atomic E-state index is 12.8. The van der Waals surface area contributed by atoms with Gasteiger partial charge in [-0.25, -0.2) is 4.39 Å². The number of hydrogen-bond acceptors (Lipinski definition) is 4. The van der Waals surface area contributed by atoms with Crippen molar-refractivity contribution in [3.63, 3.8) is 0 Å². The van der Waals surface area contributed by atoms with Gasteiger partial charge in [0.25, 0.3) is 0 Å². The minimum Gasteiger partial charge on any atom is -0.487 e. The lowest BCUT2D eigenvalue weighted by atomic mass is 10.1. The summed E-state index contributed by atoms with van der Waals surface area (Å²) < 4.78 is 18.4. The first-order chi connectivity index (χ1) is 9.61. The normalized spacial score (nSPS) is 26.4. The van der Waals surface area contributed by atoms with Crippen molar-refractivity contribution >= 4 is 5.91 Å². The van der Waals surface area contributed by atoms with Crippen LogP contribution in [0, 0.1) is 5.82 Å². The molecule has 6 heteroatoms. The molecule has 1 aromatic rings. The summed E-state index contributed by atoms with van der Waals surface area (Å²) in [6.45, 7) is 1.54. The van der Waals surface area contributed by atoms with Crippen molar-refractivity contribution < 1.29 is 19.0 Å². The van der Waals surface area contributed by atoms with Crippen LogP contribution >= 0.6 is 0 Å². The van der Waals surface area contributed by atoms with Crippen LogP contribution in [0.25, 0.3) is 0 Å². The third-order valence-corrected chi connectivity index (χ3v) is 3.68. The van der Waals surface area contributed by atoms with Gasteiger partial charge in [-0.15, -0.1) is 0 Å².